The number of nitro groups is 1. The lowest BCUT2D eigenvalue weighted by Crippen LogP contribution is -2.54. The van der Waals surface area contributed by atoms with Crippen LogP contribution in [0.15, 0.2) is 36.4 Å². The van der Waals surface area contributed by atoms with Gasteiger partial charge in [0, 0.05) is 11.6 Å². The summed E-state index contributed by atoms with van der Waals surface area (Å²) in [5, 5.41) is 11.1. The fourth-order valence-electron chi connectivity index (χ4n) is 2.98. The molecule has 1 aliphatic rings. The van der Waals surface area contributed by atoms with Crippen LogP contribution in [-0.2, 0) is 4.79 Å². The molecule has 1 aromatic carbocycles. The molecule has 0 radical (unpaired) electrons. The Morgan fingerprint density at radius 3 is 2.43 bits per heavy atom. The summed E-state index contributed by atoms with van der Waals surface area (Å²) in [6.07, 6.45) is 0. The molecule has 2 heterocycles. The van der Waals surface area contributed by atoms with Crippen molar-refractivity contribution in [3.8, 4) is 5.75 Å². The molecule has 8 nitrogen and oxygen atoms in total. The van der Waals surface area contributed by atoms with E-state index in [4.69, 9.17) is 4.74 Å². The molecule has 0 bridgehead atoms. The summed E-state index contributed by atoms with van der Waals surface area (Å²) in [6, 6.07) is 9.78. The van der Waals surface area contributed by atoms with Crippen LogP contribution in [0.3, 0.4) is 0 Å². The zero-order valence-electron chi connectivity index (χ0n) is 16.1. The summed E-state index contributed by atoms with van der Waals surface area (Å²) >= 11 is 0. The van der Waals surface area contributed by atoms with Gasteiger partial charge in [-0.25, -0.2) is 0 Å². The Morgan fingerprint density at radius 2 is 1.86 bits per heavy atom. The van der Waals surface area contributed by atoms with Crippen LogP contribution in [0.2, 0.25) is 0 Å². The number of Topliss-reactive ketones (excluding diaryl/α,β-unsaturated/α-hetero) is 1. The molecule has 0 atom stereocenters. The van der Waals surface area contributed by atoms with Crippen molar-refractivity contribution in [2.75, 3.05) is 11.4 Å². The second kappa shape index (κ2) is 7.03. The maximum atomic E-state index is 12.8. The van der Waals surface area contributed by atoms with Crippen LogP contribution in [0.4, 0.5) is 11.6 Å². The van der Waals surface area contributed by atoms with Crippen molar-refractivity contribution in [1.82, 2.24) is 4.98 Å². The van der Waals surface area contributed by atoms with Crippen LogP contribution in [0.1, 0.15) is 49.5 Å². The molecular weight excluding hydrogens is 362 g/mol. The molecule has 3 rings (SSSR count). The number of rotatable bonds is 5. The number of carbonyl (C=O) groups excluding carboxylic acids is 2. The number of hydrogen-bond acceptors (Lipinski definition) is 6. The summed E-state index contributed by atoms with van der Waals surface area (Å²) in [4.78, 5) is 41.1. The number of nitrogens with zero attached hydrogens (tertiary/aromatic N) is 3. The van der Waals surface area contributed by atoms with E-state index < -0.39 is 22.2 Å². The third-order valence-corrected chi connectivity index (χ3v) is 4.59. The molecule has 0 saturated carbocycles. The average Bonchev–Trinajstić information content (AvgIpc) is 2.64. The summed E-state index contributed by atoms with van der Waals surface area (Å²) in [5.74, 6) is -0.666. The molecule has 28 heavy (non-hydrogen) atoms. The van der Waals surface area contributed by atoms with E-state index in [1.54, 1.807) is 26.0 Å². The number of ether oxygens (including phenoxy) is 1. The summed E-state index contributed by atoms with van der Waals surface area (Å²) in [6.45, 7) is 6.98. The van der Waals surface area contributed by atoms with Crippen LogP contribution >= 0.6 is 0 Å². The number of anilines is 1. The maximum absolute atomic E-state index is 12.8. The minimum absolute atomic E-state index is 0.0225. The number of fused-ring (bicyclic) bond motifs is 1. The topological polar surface area (TPSA) is 103 Å². The van der Waals surface area contributed by atoms with Gasteiger partial charge in [0.2, 0.25) is 0 Å². The van der Waals surface area contributed by atoms with Crippen LogP contribution in [0, 0.1) is 10.1 Å². The molecule has 0 spiro atoms. The van der Waals surface area contributed by atoms with E-state index >= 15 is 0 Å². The van der Waals surface area contributed by atoms with Crippen LogP contribution in [0.25, 0.3) is 0 Å². The van der Waals surface area contributed by atoms with Crippen molar-refractivity contribution >= 4 is 23.3 Å². The van der Waals surface area contributed by atoms with Gasteiger partial charge in [-0.15, -0.1) is 0 Å². The van der Waals surface area contributed by atoms with Gasteiger partial charge in [0.15, 0.2) is 17.1 Å². The van der Waals surface area contributed by atoms with Crippen molar-refractivity contribution in [1.29, 1.82) is 0 Å². The molecular formula is C20H21N3O5. The minimum Gasteiger partial charge on any atom is -0.472 e. The van der Waals surface area contributed by atoms with Crippen LogP contribution < -0.4 is 9.64 Å². The van der Waals surface area contributed by atoms with E-state index in [-0.39, 0.29) is 23.9 Å². The zero-order chi connectivity index (χ0) is 20.6. The highest BCUT2D eigenvalue weighted by atomic mass is 16.6. The van der Waals surface area contributed by atoms with Crippen LogP contribution in [0.5, 0.6) is 5.75 Å². The molecule has 8 heteroatoms. The fraction of sp³-hybridized carbons (Fsp3) is 0.350. The average molecular weight is 383 g/mol. The van der Waals surface area contributed by atoms with Gasteiger partial charge in [-0.3, -0.25) is 14.5 Å². The van der Waals surface area contributed by atoms with Gasteiger partial charge < -0.3 is 14.9 Å². The molecule has 2 aromatic rings. The molecule has 0 saturated heterocycles. The van der Waals surface area contributed by atoms with Gasteiger partial charge >= 0.3 is 5.82 Å². The maximum Gasteiger partial charge on any atom is 0.366 e. The molecule has 0 unspecified atom stereocenters. The lowest BCUT2D eigenvalue weighted by molar-refractivity contribution is -0.389. The number of ketones is 1. The summed E-state index contributed by atoms with van der Waals surface area (Å²) in [7, 11) is 0. The predicted molar refractivity (Wildman–Crippen MR) is 103 cm³/mol. The first-order chi connectivity index (χ1) is 13.1. The standard InChI is InChI=1S/C20H21N3O5/c1-12(2)13-5-7-14(8-6-13)15(24)11-22-18-16(28-20(3,4)19(22)25)9-10-17(21-18)23(26)27/h5-10,12H,11H2,1-4H3. The van der Waals surface area contributed by atoms with Gasteiger partial charge in [0.1, 0.15) is 0 Å². The largest absolute Gasteiger partial charge is 0.472 e. The number of hydrogen-bond donors (Lipinski definition) is 0. The van der Waals surface area contributed by atoms with E-state index in [9.17, 15) is 19.7 Å². The minimum atomic E-state index is -1.22. The number of pyridine rings is 1. The van der Waals surface area contributed by atoms with Crippen molar-refractivity contribution in [3.05, 3.63) is 57.6 Å². The normalized spacial score (nSPS) is 15.2. The van der Waals surface area contributed by atoms with Gasteiger partial charge in [0.25, 0.3) is 11.7 Å². The van der Waals surface area contributed by atoms with Crippen LogP contribution in [-0.4, -0.2) is 33.7 Å². The summed E-state index contributed by atoms with van der Waals surface area (Å²) in [5.41, 5.74) is 0.336. The first kappa shape index (κ1) is 19.5. The zero-order valence-corrected chi connectivity index (χ0v) is 16.1. The summed E-state index contributed by atoms with van der Waals surface area (Å²) < 4.78 is 5.64. The van der Waals surface area contributed by atoms with Crippen molar-refractivity contribution in [3.63, 3.8) is 0 Å². The van der Waals surface area contributed by atoms with Crippen molar-refractivity contribution in [2.24, 2.45) is 0 Å². The fourth-order valence-corrected chi connectivity index (χ4v) is 2.98. The number of benzene rings is 1. The molecule has 1 amide bonds. The molecule has 0 aliphatic carbocycles. The third kappa shape index (κ3) is 3.58. The van der Waals surface area contributed by atoms with E-state index in [0.717, 1.165) is 10.5 Å². The predicted octanol–water partition coefficient (Wildman–Crippen LogP) is 3.50. The molecule has 1 aromatic heterocycles. The van der Waals surface area contributed by atoms with Gasteiger partial charge in [0.05, 0.1) is 6.54 Å². The van der Waals surface area contributed by atoms with Crippen molar-refractivity contribution < 1.29 is 19.2 Å². The Bertz CT molecular complexity index is 951. The number of carbonyl (C=O) groups is 2. The van der Waals surface area contributed by atoms with Crippen molar-refractivity contribution in [2.45, 2.75) is 39.2 Å². The first-order valence-corrected chi connectivity index (χ1v) is 8.89. The SMILES string of the molecule is CC(C)c1ccc(C(=O)CN2C(=O)C(C)(C)Oc3ccc([N+](=O)[O-])nc32)cc1. The first-order valence-electron chi connectivity index (χ1n) is 8.89. The third-order valence-electron chi connectivity index (χ3n) is 4.59. The number of amides is 1. The highest BCUT2D eigenvalue weighted by Gasteiger charge is 2.45. The Kier molecular flexibility index (Phi) is 4.89. The highest BCUT2D eigenvalue weighted by Crippen LogP contribution is 2.37. The van der Waals surface area contributed by atoms with E-state index in [0.29, 0.717) is 11.5 Å². The lowest BCUT2D eigenvalue weighted by atomic mass is 10.00. The van der Waals surface area contributed by atoms with E-state index in [1.165, 1.54) is 12.1 Å². The second-order valence-corrected chi connectivity index (χ2v) is 7.45. The molecule has 1 aliphatic heterocycles. The monoisotopic (exact) mass is 383 g/mol. The second-order valence-electron chi connectivity index (χ2n) is 7.45. The Morgan fingerprint density at radius 1 is 1.21 bits per heavy atom. The molecule has 146 valence electrons. The Hall–Kier alpha value is -3.29. The Balaban J connectivity index is 1.95. The van der Waals surface area contributed by atoms with Gasteiger partial charge in [-0.1, -0.05) is 38.1 Å². The molecule has 0 N–H and O–H groups in total. The smallest absolute Gasteiger partial charge is 0.366 e. The quantitative estimate of drug-likeness (QED) is 0.445. The lowest BCUT2D eigenvalue weighted by Gasteiger charge is -2.35. The molecule has 0 fully saturated rings. The van der Waals surface area contributed by atoms with Gasteiger partial charge in [-0.2, -0.15) is 0 Å². The van der Waals surface area contributed by atoms with Gasteiger partial charge in [-0.05, 0) is 41.3 Å². The highest BCUT2D eigenvalue weighted by molar-refractivity contribution is 6.08. The van der Waals surface area contributed by atoms with E-state index in [2.05, 4.69) is 18.8 Å². The Labute approximate surface area is 162 Å². The van der Waals surface area contributed by atoms with E-state index in [1.807, 2.05) is 12.1 Å². The number of aromatic nitrogens is 1.